The summed E-state index contributed by atoms with van der Waals surface area (Å²) in [4.78, 5) is 18.4. The van der Waals surface area contributed by atoms with E-state index in [9.17, 15) is 26.4 Å². The molecule has 0 unspecified atom stereocenters. The summed E-state index contributed by atoms with van der Waals surface area (Å²) >= 11 is 0. The smallest absolute Gasteiger partial charge is 0.433 e. The standard InChI is InChI=1S/C15H15F3N4O4S/c1-9(2)26-13(23)4-5-22-8-19-14(21-22)10-6-11(15(16,17)18)20-12(7-10)27(3,24)25/h4-9H,1-3H3/b5-4-. The molecule has 0 saturated carbocycles. The van der Waals surface area contributed by atoms with Gasteiger partial charge in [0.2, 0.25) is 0 Å². The number of carbonyl (C=O) groups is 1. The van der Waals surface area contributed by atoms with Crippen LogP contribution in [0.15, 0.2) is 29.6 Å². The lowest BCUT2D eigenvalue weighted by atomic mass is 10.2. The summed E-state index contributed by atoms with van der Waals surface area (Å²) in [6.45, 7) is 3.33. The van der Waals surface area contributed by atoms with Gasteiger partial charge in [-0.25, -0.2) is 27.9 Å². The Balaban J connectivity index is 2.40. The van der Waals surface area contributed by atoms with Gasteiger partial charge in [0.25, 0.3) is 0 Å². The van der Waals surface area contributed by atoms with Crippen LogP contribution in [0.5, 0.6) is 0 Å². The lowest BCUT2D eigenvalue weighted by Gasteiger charge is -2.09. The molecule has 2 aromatic rings. The monoisotopic (exact) mass is 404 g/mol. The number of aromatic nitrogens is 4. The first kappa shape index (κ1) is 20.6. The Hall–Kier alpha value is -2.76. The van der Waals surface area contributed by atoms with Crippen molar-refractivity contribution >= 4 is 22.0 Å². The van der Waals surface area contributed by atoms with Gasteiger partial charge in [0.15, 0.2) is 20.7 Å². The van der Waals surface area contributed by atoms with Crippen LogP contribution in [-0.2, 0) is 25.5 Å². The van der Waals surface area contributed by atoms with Crippen molar-refractivity contribution in [1.29, 1.82) is 0 Å². The number of nitrogens with zero attached hydrogens (tertiary/aromatic N) is 4. The Kier molecular flexibility index (Phi) is 5.68. The second-order valence-electron chi connectivity index (χ2n) is 5.70. The molecule has 2 aromatic heterocycles. The first-order valence-corrected chi connectivity index (χ1v) is 9.35. The molecule has 0 aromatic carbocycles. The molecular formula is C15H15F3N4O4S. The minimum Gasteiger partial charge on any atom is -0.460 e. The van der Waals surface area contributed by atoms with Gasteiger partial charge in [-0.1, -0.05) is 0 Å². The second kappa shape index (κ2) is 7.47. The molecule has 8 nitrogen and oxygen atoms in total. The zero-order valence-electron chi connectivity index (χ0n) is 14.4. The van der Waals surface area contributed by atoms with E-state index in [-0.39, 0.29) is 17.5 Å². The summed E-state index contributed by atoms with van der Waals surface area (Å²) in [5.74, 6) is -0.806. The van der Waals surface area contributed by atoms with Gasteiger partial charge in [-0.15, -0.1) is 5.10 Å². The van der Waals surface area contributed by atoms with Crippen LogP contribution in [0.2, 0.25) is 0 Å². The van der Waals surface area contributed by atoms with Crippen LogP contribution in [0, 0.1) is 0 Å². The Morgan fingerprint density at radius 1 is 1.30 bits per heavy atom. The zero-order chi connectivity index (χ0) is 20.4. The van der Waals surface area contributed by atoms with E-state index in [1.165, 1.54) is 6.20 Å². The van der Waals surface area contributed by atoms with E-state index in [2.05, 4.69) is 15.1 Å². The van der Waals surface area contributed by atoms with Crippen LogP contribution in [0.25, 0.3) is 17.6 Å². The molecule has 0 saturated heterocycles. The molecule has 0 radical (unpaired) electrons. The fourth-order valence-corrected chi connectivity index (χ4v) is 2.46. The number of hydrogen-bond donors (Lipinski definition) is 0. The van der Waals surface area contributed by atoms with Gasteiger partial charge in [0, 0.05) is 24.1 Å². The number of pyridine rings is 1. The number of sulfone groups is 1. The van der Waals surface area contributed by atoms with Crippen molar-refractivity contribution in [2.45, 2.75) is 31.2 Å². The van der Waals surface area contributed by atoms with Crippen molar-refractivity contribution in [1.82, 2.24) is 19.7 Å². The van der Waals surface area contributed by atoms with E-state index in [0.29, 0.717) is 6.07 Å². The van der Waals surface area contributed by atoms with Crippen molar-refractivity contribution < 1.29 is 31.1 Å². The van der Waals surface area contributed by atoms with Crippen molar-refractivity contribution in [3.05, 3.63) is 30.2 Å². The predicted molar refractivity (Wildman–Crippen MR) is 87.9 cm³/mol. The molecule has 0 aliphatic rings. The van der Waals surface area contributed by atoms with Crippen LogP contribution < -0.4 is 0 Å². The molecule has 0 fully saturated rings. The Morgan fingerprint density at radius 3 is 2.52 bits per heavy atom. The Bertz CT molecular complexity index is 981. The number of halogens is 3. The molecule has 146 valence electrons. The van der Waals surface area contributed by atoms with Gasteiger partial charge < -0.3 is 4.74 Å². The molecule has 2 rings (SSSR count). The van der Waals surface area contributed by atoms with Crippen LogP contribution in [-0.4, -0.2) is 46.5 Å². The highest BCUT2D eigenvalue weighted by atomic mass is 32.2. The molecule has 0 atom stereocenters. The van der Waals surface area contributed by atoms with Gasteiger partial charge in [-0.05, 0) is 26.0 Å². The van der Waals surface area contributed by atoms with Gasteiger partial charge in [0.05, 0.1) is 6.10 Å². The number of alkyl halides is 3. The molecule has 2 heterocycles. The molecule has 0 amide bonds. The van der Waals surface area contributed by atoms with E-state index in [1.807, 2.05) is 0 Å². The number of esters is 1. The SMILES string of the molecule is CC(C)OC(=O)/C=C\n1cnc(-c2cc(C(F)(F)F)nc(S(C)(=O)=O)c2)n1. The largest absolute Gasteiger partial charge is 0.460 e. The van der Waals surface area contributed by atoms with E-state index >= 15 is 0 Å². The van der Waals surface area contributed by atoms with Crippen molar-refractivity contribution in [2.24, 2.45) is 0 Å². The van der Waals surface area contributed by atoms with Crippen LogP contribution in [0.1, 0.15) is 19.5 Å². The summed E-state index contributed by atoms with van der Waals surface area (Å²) in [6, 6.07) is 1.59. The number of hydrogen-bond acceptors (Lipinski definition) is 7. The van der Waals surface area contributed by atoms with E-state index < -0.39 is 32.7 Å². The molecule has 0 bridgehead atoms. The molecule has 0 aliphatic carbocycles. The normalized spacial score (nSPS) is 12.7. The second-order valence-corrected chi connectivity index (χ2v) is 7.66. The zero-order valence-corrected chi connectivity index (χ0v) is 15.2. The maximum atomic E-state index is 13.0. The number of carbonyl (C=O) groups excluding carboxylic acids is 1. The highest BCUT2D eigenvalue weighted by Crippen LogP contribution is 2.31. The quantitative estimate of drug-likeness (QED) is 0.556. The molecular weight excluding hydrogens is 389 g/mol. The van der Waals surface area contributed by atoms with E-state index in [0.717, 1.165) is 29.4 Å². The van der Waals surface area contributed by atoms with Gasteiger partial charge in [-0.3, -0.25) is 0 Å². The molecule has 27 heavy (non-hydrogen) atoms. The molecule has 0 aliphatic heterocycles. The predicted octanol–water partition coefficient (Wildman–Crippen LogP) is 2.18. The minimum absolute atomic E-state index is 0.172. The lowest BCUT2D eigenvalue weighted by Crippen LogP contribution is -2.12. The molecule has 12 heteroatoms. The average molecular weight is 404 g/mol. The lowest BCUT2D eigenvalue weighted by molar-refractivity contribution is -0.142. The summed E-state index contributed by atoms with van der Waals surface area (Å²) in [5.41, 5.74) is -1.57. The van der Waals surface area contributed by atoms with Crippen LogP contribution in [0.3, 0.4) is 0 Å². The third-order valence-electron chi connectivity index (χ3n) is 2.95. The van der Waals surface area contributed by atoms with E-state index in [4.69, 9.17) is 4.74 Å². The highest BCUT2D eigenvalue weighted by molar-refractivity contribution is 7.90. The summed E-state index contributed by atoms with van der Waals surface area (Å²) in [5, 5.41) is 3.15. The van der Waals surface area contributed by atoms with Crippen LogP contribution in [0.4, 0.5) is 13.2 Å². The van der Waals surface area contributed by atoms with E-state index in [1.54, 1.807) is 13.8 Å². The topological polar surface area (TPSA) is 104 Å². The molecule has 0 N–H and O–H groups in total. The number of rotatable bonds is 5. The molecule has 0 spiro atoms. The minimum atomic E-state index is -4.85. The summed E-state index contributed by atoms with van der Waals surface area (Å²) in [7, 11) is -3.99. The first-order valence-electron chi connectivity index (χ1n) is 7.46. The fourth-order valence-electron chi connectivity index (χ4n) is 1.86. The van der Waals surface area contributed by atoms with Crippen molar-refractivity contribution in [3.63, 3.8) is 0 Å². The maximum absolute atomic E-state index is 13.0. The van der Waals surface area contributed by atoms with Crippen LogP contribution >= 0.6 is 0 Å². The summed E-state index contributed by atoms with van der Waals surface area (Å²) in [6.07, 6.45) is -1.02. The van der Waals surface area contributed by atoms with Crippen molar-refractivity contribution in [2.75, 3.05) is 6.26 Å². The fraction of sp³-hybridized carbons (Fsp3) is 0.333. The number of ether oxygens (including phenoxy) is 1. The maximum Gasteiger partial charge on any atom is 0.433 e. The Labute approximate surface area is 152 Å². The average Bonchev–Trinajstić information content (AvgIpc) is 2.99. The highest BCUT2D eigenvalue weighted by Gasteiger charge is 2.34. The van der Waals surface area contributed by atoms with Gasteiger partial charge in [-0.2, -0.15) is 13.2 Å². The van der Waals surface area contributed by atoms with Gasteiger partial charge >= 0.3 is 12.1 Å². The first-order chi connectivity index (χ1) is 12.4. The van der Waals surface area contributed by atoms with Gasteiger partial charge in [0.1, 0.15) is 12.0 Å². The summed E-state index contributed by atoms with van der Waals surface area (Å²) < 4.78 is 68.2. The third kappa shape index (κ3) is 5.61. The Morgan fingerprint density at radius 2 is 1.96 bits per heavy atom. The third-order valence-corrected chi connectivity index (χ3v) is 3.92. The van der Waals surface area contributed by atoms with Crippen molar-refractivity contribution in [3.8, 4) is 11.4 Å².